The molecule has 1 saturated carbocycles. The van der Waals surface area contributed by atoms with Crippen LogP contribution in [0.3, 0.4) is 0 Å². The number of thioether (sulfide) groups is 1. The summed E-state index contributed by atoms with van der Waals surface area (Å²) in [5, 5.41) is 4.65. The molecule has 0 radical (unpaired) electrons. The van der Waals surface area contributed by atoms with Gasteiger partial charge in [-0.3, -0.25) is 0 Å². The van der Waals surface area contributed by atoms with Gasteiger partial charge in [0.05, 0.1) is 0 Å². The third-order valence-corrected chi connectivity index (χ3v) is 5.65. The minimum Gasteiger partial charge on any atom is -0.329 e. The fourth-order valence-electron chi connectivity index (χ4n) is 3.26. The predicted octanol–water partition coefficient (Wildman–Crippen LogP) is 2.38. The molecule has 1 saturated heterocycles. The molecule has 3 unspecified atom stereocenters. The first-order chi connectivity index (χ1) is 7.45. The molecule has 0 aromatic carbocycles. The van der Waals surface area contributed by atoms with Crippen LogP contribution in [0.4, 0.5) is 0 Å². The van der Waals surface area contributed by atoms with E-state index in [9.17, 15) is 0 Å². The van der Waals surface area contributed by atoms with Crippen molar-refractivity contribution in [3.05, 3.63) is 0 Å². The Bertz CT molecular complexity index is 254. The van der Waals surface area contributed by atoms with Crippen molar-refractivity contribution in [1.29, 1.82) is 0 Å². The number of rotatable bonds is 3. The molecule has 0 aromatic heterocycles. The van der Waals surface area contributed by atoms with Gasteiger partial charge in [-0.15, -0.1) is 0 Å². The molecule has 1 heterocycles. The van der Waals surface area contributed by atoms with Gasteiger partial charge in [0, 0.05) is 29.1 Å². The van der Waals surface area contributed by atoms with Crippen LogP contribution in [-0.4, -0.2) is 29.1 Å². The second kappa shape index (κ2) is 4.51. The monoisotopic (exact) mass is 242 g/mol. The summed E-state index contributed by atoms with van der Waals surface area (Å²) < 4.78 is 0. The molecule has 16 heavy (non-hydrogen) atoms. The highest BCUT2D eigenvalue weighted by molar-refractivity contribution is 8.00. The molecule has 3 N–H and O–H groups in total. The topological polar surface area (TPSA) is 38.0 Å². The van der Waals surface area contributed by atoms with Crippen molar-refractivity contribution in [3.63, 3.8) is 0 Å². The lowest BCUT2D eigenvalue weighted by atomic mass is 9.90. The van der Waals surface area contributed by atoms with Crippen LogP contribution in [0, 0.1) is 5.41 Å². The lowest BCUT2D eigenvalue weighted by molar-refractivity contribution is 0.294. The molecular weight excluding hydrogens is 216 g/mol. The Balaban J connectivity index is 1.93. The van der Waals surface area contributed by atoms with E-state index in [-0.39, 0.29) is 5.54 Å². The Kier molecular flexibility index (Phi) is 3.58. The Labute approximate surface area is 104 Å². The van der Waals surface area contributed by atoms with Crippen molar-refractivity contribution >= 4 is 11.8 Å². The van der Waals surface area contributed by atoms with E-state index in [2.05, 4.69) is 37.8 Å². The normalized spacial score (nSPS) is 42.8. The maximum absolute atomic E-state index is 6.00. The molecule has 0 amide bonds. The zero-order valence-corrected chi connectivity index (χ0v) is 11.7. The quantitative estimate of drug-likeness (QED) is 0.798. The van der Waals surface area contributed by atoms with E-state index in [1.165, 1.54) is 31.4 Å². The Hall–Kier alpha value is 0.270. The summed E-state index contributed by atoms with van der Waals surface area (Å²) in [6.07, 6.45) is 5.24. The number of nitrogens with two attached hydrogens (primary N) is 1. The summed E-state index contributed by atoms with van der Waals surface area (Å²) in [6, 6.07) is 0.699. The van der Waals surface area contributed by atoms with Crippen LogP contribution in [-0.2, 0) is 0 Å². The fraction of sp³-hybridized carbons (Fsp3) is 1.00. The highest BCUT2D eigenvalue weighted by atomic mass is 32.2. The first-order valence-electron chi connectivity index (χ1n) is 6.54. The molecule has 1 aliphatic carbocycles. The lowest BCUT2D eigenvalue weighted by Crippen LogP contribution is -2.55. The van der Waals surface area contributed by atoms with Gasteiger partial charge in [0.25, 0.3) is 0 Å². The van der Waals surface area contributed by atoms with E-state index in [0.717, 1.165) is 11.8 Å². The van der Waals surface area contributed by atoms with Gasteiger partial charge in [0.15, 0.2) is 0 Å². The summed E-state index contributed by atoms with van der Waals surface area (Å²) in [5.74, 6) is 1.20. The average Bonchev–Trinajstić information content (AvgIpc) is 2.72. The second-order valence-corrected chi connectivity index (χ2v) is 7.99. The third kappa shape index (κ3) is 2.74. The highest BCUT2D eigenvalue weighted by Crippen LogP contribution is 2.40. The van der Waals surface area contributed by atoms with Crippen molar-refractivity contribution in [2.45, 2.75) is 63.3 Å². The van der Waals surface area contributed by atoms with Gasteiger partial charge in [0.1, 0.15) is 0 Å². The molecular formula is C13H26N2S. The standard InChI is InChI=1S/C13H26N2S/c1-10-6-13(8-14,9-16-10)15-11-4-5-12(2,3)7-11/h10-11,15H,4-9,14H2,1-3H3. The minimum atomic E-state index is 0.231. The van der Waals surface area contributed by atoms with Crippen LogP contribution < -0.4 is 11.1 Å². The van der Waals surface area contributed by atoms with Crippen LogP contribution in [0.2, 0.25) is 0 Å². The van der Waals surface area contributed by atoms with Crippen molar-refractivity contribution in [1.82, 2.24) is 5.32 Å². The van der Waals surface area contributed by atoms with E-state index in [4.69, 9.17) is 5.73 Å². The zero-order chi connectivity index (χ0) is 11.8. The van der Waals surface area contributed by atoms with Gasteiger partial charge < -0.3 is 11.1 Å². The Morgan fingerprint density at radius 1 is 1.38 bits per heavy atom. The molecule has 3 atom stereocenters. The summed E-state index contributed by atoms with van der Waals surface area (Å²) in [5.41, 5.74) is 6.76. The fourth-order valence-corrected chi connectivity index (χ4v) is 4.62. The predicted molar refractivity (Wildman–Crippen MR) is 72.9 cm³/mol. The number of hydrogen-bond donors (Lipinski definition) is 2. The maximum Gasteiger partial charge on any atom is 0.0407 e. The van der Waals surface area contributed by atoms with Gasteiger partial charge in [-0.25, -0.2) is 0 Å². The molecule has 2 aliphatic rings. The second-order valence-electron chi connectivity index (χ2n) is 6.56. The van der Waals surface area contributed by atoms with Gasteiger partial charge >= 0.3 is 0 Å². The van der Waals surface area contributed by atoms with Crippen LogP contribution in [0.5, 0.6) is 0 Å². The highest BCUT2D eigenvalue weighted by Gasteiger charge is 2.41. The molecule has 1 aliphatic heterocycles. The van der Waals surface area contributed by atoms with Crippen LogP contribution in [0.15, 0.2) is 0 Å². The first kappa shape index (κ1) is 12.7. The van der Waals surface area contributed by atoms with E-state index in [1.807, 2.05) is 0 Å². The lowest BCUT2D eigenvalue weighted by Gasteiger charge is -2.32. The van der Waals surface area contributed by atoms with Crippen molar-refractivity contribution < 1.29 is 0 Å². The minimum absolute atomic E-state index is 0.231. The molecule has 0 spiro atoms. The SMILES string of the molecule is CC1CC(CN)(NC2CCC(C)(C)C2)CS1. The zero-order valence-electron chi connectivity index (χ0n) is 10.9. The van der Waals surface area contributed by atoms with E-state index in [0.29, 0.717) is 11.5 Å². The summed E-state index contributed by atoms with van der Waals surface area (Å²) >= 11 is 2.07. The van der Waals surface area contributed by atoms with E-state index in [1.54, 1.807) is 0 Å². The maximum atomic E-state index is 6.00. The van der Waals surface area contributed by atoms with Gasteiger partial charge in [-0.2, -0.15) is 11.8 Å². The summed E-state index contributed by atoms with van der Waals surface area (Å²) in [6.45, 7) is 7.88. The van der Waals surface area contributed by atoms with E-state index >= 15 is 0 Å². The van der Waals surface area contributed by atoms with Gasteiger partial charge in [-0.1, -0.05) is 20.8 Å². The first-order valence-corrected chi connectivity index (χ1v) is 7.59. The molecule has 2 rings (SSSR count). The van der Waals surface area contributed by atoms with Crippen LogP contribution in [0.25, 0.3) is 0 Å². The van der Waals surface area contributed by atoms with Crippen molar-refractivity contribution in [3.8, 4) is 0 Å². The molecule has 0 aromatic rings. The van der Waals surface area contributed by atoms with Crippen LogP contribution >= 0.6 is 11.8 Å². The smallest absolute Gasteiger partial charge is 0.0407 e. The Morgan fingerprint density at radius 2 is 2.12 bits per heavy atom. The molecule has 94 valence electrons. The number of nitrogens with one attached hydrogen (secondary N) is 1. The van der Waals surface area contributed by atoms with Gasteiger partial charge in [0.2, 0.25) is 0 Å². The van der Waals surface area contributed by atoms with Crippen LogP contribution in [0.1, 0.15) is 46.5 Å². The summed E-state index contributed by atoms with van der Waals surface area (Å²) in [7, 11) is 0. The van der Waals surface area contributed by atoms with E-state index < -0.39 is 0 Å². The average molecular weight is 242 g/mol. The van der Waals surface area contributed by atoms with Gasteiger partial charge in [-0.05, 0) is 31.1 Å². The third-order valence-electron chi connectivity index (χ3n) is 4.19. The molecule has 0 bridgehead atoms. The van der Waals surface area contributed by atoms with Crippen molar-refractivity contribution in [2.75, 3.05) is 12.3 Å². The van der Waals surface area contributed by atoms with Crippen molar-refractivity contribution in [2.24, 2.45) is 11.1 Å². The molecule has 2 nitrogen and oxygen atoms in total. The molecule has 3 heteroatoms. The number of hydrogen-bond acceptors (Lipinski definition) is 3. The largest absolute Gasteiger partial charge is 0.329 e. The Morgan fingerprint density at radius 3 is 2.56 bits per heavy atom. The molecule has 2 fully saturated rings. The summed E-state index contributed by atoms with van der Waals surface area (Å²) in [4.78, 5) is 0.